The molecule has 2 aromatic carbocycles. The highest BCUT2D eigenvalue weighted by atomic mass is 16.5. The average Bonchev–Trinajstić information content (AvgIpc) is 3.66. The lowest BCUT2D eigenvalue weighted by molar-refractivity contribution is -0.155. The van der Waals surface area contributed by atoms with Gasteiger partial charge in [-0.15, -0.1) is 6.58 Å². The molecule has 0 radical (unpaired) electrons. The summed E-state index contributed by atoms with van der Waals surface area (Å²) in [6.45, 7) is 7.37. The van der Waals surface area contributed by atoms with Crippen LogP contribution in [0.4, 0.5) is 0 Å². The zero-order valence-corrected chi connectivity index (χ0v) is 31.1. The number of methoxy groups -OCH3 is 3. The number of esters is 2. The topological polar surface area (TPSA) is 80.9 Å². The van der Waals surface area contributed by atoms with Gasteiger partial charge in [0.1, 0.15) is 5.75 Å². The first-order valence-corrected chi connectivity index (χ1v) is 19.3. The van der Waals surface area contributed by atoms with Gasteiger partial charge in [-0.05, 0) is 122 Å². The molecule has 8 atom stereocenters. The number of likely N-dealkylation sites (N-methyl/N-ethyl adjacent to an activating group) is 1. The second-order valence-electron chi connectivity index (χ2n) is 16.3. The molecule has 0 unspecified atom stereocenters. The molecule has 1 aromatic heterocycles. The number of piperidine rings is 1. The fourth-order valence-corrected chi connectivity index (χ4v) is 11.7. The number of H-pyrrole nitrogens is 1. The van der Waals surface area contributed by atoms with E-state index in [9.17, 15) is 9.59 Å². The number of carbonyl (C=O) groups excluding carboxylic acids is 2. The number of nitrogens with zero attached hydrogens (tertiary/aromatic N) is 1. The van der Waals surface area contributed by atoms with E-state index in [0.29, 0.717) is 11.8 Å². The summed E-state index contributed by atoms with van der Waals surface area (Å²) in [5, 5.41) is 1.21. The molecule has 2 fully saturated rings. The summed E-state index contributed by atoms with van der Waals surface area (Å²) in [5.74, 6) is 1.62. The number of hydrogen-bond donors (Lipinski definition) is 1. The van der Waals surface area contributed by atoms with E-state index in [0.717, 1.165) is 81.2 Å². The minimum Gasteiger partial charge on any atom is -0.496 e. The molecule has 270 valence electrons. The molecule has 7 heteroatoms. The molecule has 4 bridgehead atoms. The summed E-state index contributed by atoms with van der Waals surface area (Å²) in [6, 6.07) is 13.2. The van der Waals surface area contributed by atoms with Crippen molar-refractivity contribution >= 4 is 28.4 Å². The predicted molar refractivity (Wildman–Crippen MR) is 201 cm³/mol. The van der Waals surface area contributed by atoms with E-state index in [4.69, 9.17) is 14.2 Å². The van der Waals surface area contributed by atoms with E-state index >= 15 is 0 Å². The zero-order valence-electron chi connectivity index (χ0n) is 31.1. The van der Waals surface area contributed by atoms with Crippen LogP contribution in [0.15, 0.2) is 54.6 Å². The van der Waals surface area contributed by atoms with E-state index in [1.807, 2.05) is 0 Å². The molecule has 1 N–H and O–H groups in total. The van der Waals surface area contributed by atoms with Gasteiger partial charge < -0.3 is 24.1 Å². The van der Waals surface area contributed by atoms with Gasteiger partial charge in [0.05, 0.1) is 32.7 Å². The fraction of sp³-hybridized carbons (Fsp3) is 0.545. The Morgan fingerprint density at radius 2 is 1.92 bits per heavy atom. The standard InChI is InChI=1S/C44H54N2O5/c1-7-11-25-16-26-14-15-29-31-21-39(49-4)33(17-28(31)18-36(29)44(22-25,23-26)43(48)51-6)34-19-32-27(8-2)24-46(3)38(40(32)42(47)50-5)20-35-30-12-9-10-13-37(30)45-41(34)35/h8-10,12-13,17,21,25-27,32,34,38,40,45H,2,7,11,14-16,18-20,22-24H2,1,3-6H3/t25-,26-,27-,32+,34-,38-,40+,44-/m0/s1. The van der Waals surface area contributed by atoms with Crippen LogP contribution in [0.3, 0.4) is 0 Å². The summed E-state index contributed by atoms with van der Waals surface area (Å²) in [5.41, 5.74) is 9.34. The lowest BCUT2D eigenvalue weighted by Crippen LogP contribution is -2.56. The van der Waals surface area contributed by atoms with Crippen LogP contribution in [-0.2, 0) is 31.9 Å². The maximum atomic E-state index is 14.0. The van der Waals surface area contributed by atoms with Crippen LogP contribution in [-0.4, -0.2) is 62.8 Å². The van der Waals surface area contributed by atoms with Crippen molar-refractivity contribution in [2.45, 2.75) is 83.1 Å². The predicted octanol–water partition coefficient (Wildman–Crippen LogP) is 8.26. The molecule has 3 aromatic rings. The van der Waals surface area contributed by atoms with Gasteiger partial charge in [0.15, 0.2) is 0 Å². The Labute approximate surface area is 302 Å². The molecule has 1 aliphatic heterocycles. The Balaban J connectivity index is 1.28. The number of carbonyl (C=O) groups is 2. The van der Waals surface area contributed by atoms with Gasteiger partial charge in [-0.2, -0.15) is 0 Å². The highest BCUT2D eigenvalue weighted by Gasteiger charge is 2.53. The molecule has 51 heavy (non-hydrogen) atoms. The molecule has 1 saturated heterocycles. The zero-order chi connectivity index (χ0) is 35.6. The second-order valence-corrected chi connectivity index (χ2v) is 16.3. The lowest BCUT2D eigenvalue weighted by Gasteiger charge is -2.48. The van der Waals surface area contributed by atoms with Gasteiger partial charge in [-0.25, -0.2) is 0 Å². The number of para-hydroxylation sites is 1. The van der Waals surface area contributed by atoms with Gasteiger partial charge in [0.2, 0.25) is 0 Å². The monoisotopic (exact) mass is 690 g/mol. The Kier molecular flexibility index (Phi) is 8.93. The average molecular weight is 691 g/mol. The molecule has 4 aliphatic carbocycles. The number of hydrogen-bond acceptors (Lipinski definition) is 6. The maximum absolute atomic E-state index is 14.0. The van der Waals surface area contributed by atoms with Crippen LogP contribution in [0.1, 0.15) is 92.2 Å². The molecular formula is C44H54N2O5. The van der Waals surface area contributed by atoms with Gasteiger partial charge in [0, 0.05) is 40.7 Å². The first-order chi connectivity index (χ1) is 24.7. The summed E-state index contributed by atoms with van der Waals surface area (Å²) < 4.78 is 17.6. The molecule has 5 aliphatic rings. The van der Waals surface area contributed by atoms with Gasteiger partial charge in [-0.1, -0.05) is 50.1 Å². The SMILES string of the molecule is C=C[C@H]1CN(C)[C@H]2Cc3c([nH]c4ccccc34)[C@H](c3cc4c(cc3OC)C3=C(C4)[C@]4(C(=O)OC)C[C@@H](CCC)C[C@H](CC3)C4)C[C@H]1[C@H]2C(=O)OC. The van der Waals surface area contributed by atoms with Crippen molar-refractivity contribution in [3.8, 4) is 5.75 Å². The normalized spacial score (nSPS) is 31.4. The van der Waals surface area contributed by atoms with Crippen LogP contribution >= 0.6 is 0 Å². The van der Waals surface area contributed by atoms with Crippen LogP contribution in [0.2, 0.25) is 0 Å². The summed E-state index contributed by atoms with van der Waals surface area (Å²) in [7, 11) is 7.02. The highest BCUT2D eigenvalue weighted by Crippen LogP contribution is 2.59. The number of ether oxygens (including phenoxy) is 3. The third kappa shape index (κ3) is 5.40. The first kappa shape index (κ1) is 34.3. The number of aromatic nitrogens is 1. The Hall–Kier alpha value is -3.84. The molecule has 1 saturated carbocycles. The summed E-state index contributed by atoms with van der Waals surface area (Å²) >= 11 is 0. The second kappa shape index (κ2) is 13.3. The summed E-state index contributed by atoms with van der Waals surface area (Å²) in [4.78, 5) is 34.0. The fourth-order valence-electron chi connectivity index (χ4n) is 11.7. The lowest BCUT2D eigenvalue weighted by atomic mass is 9.61. The minimum absolute atomic E-state index is 0.0182. The van der Waals surface area contributed by atoms with Crippen LogP contribution < -0.4 is 4.74 Å². The Morgan fingerprint density at radius 1 is 1.10 bits per heavy atom. The van der Waals surface area contributed by atoms with E-state index in [2.05, 4.69) is 72.9 Å². The molecule has 0 spiro atoms. The molecule has 8 rings (SSSR count). The Bertz CT molecular complexity index is 1910. The van der Waals surface area contributed by atoms with Crippen molar-refractivity contribution in [3.05, 3.63) is 82.6 Å². The smallest absolute Gasteiger partial charge is 0.315 e. The van der Waals surface area contributed by atoms with Crippen LogP contribution in [0, 0.1) is 35.0 Å². The molecular weight excluding hydrogens is 636 g/mol. The van der Waals surface area contributed by atoms with Crippen molar-refractivity contribution in [3.63, 3.8) is 0 Å². The number of aromatic amines is 1. The number of allylic oxidation sites excluding steroid dienone is 1. The van der Waals surface area contributed by atoms with E-state index in [1.54, 1.807) is 14.2 Å². The largest absolute Gasteiger partial charge is 0.496 e. The quantitative estimate of drug-likeness (QED) is 0.199. The highest BCUT2D eigenvalue weighted by molar-refractivity contribution is 5.90. The van der Waals surface area contributed by atoms with Crippen molar-refractivity contribution in [2.24, 2.45) is 35.0 Å². The minimum atomic E-state index is -0.561. The number of fused-ring (bicyclic) bond motifs is 10. The molecule has 2 heterocycles. The van der Waals surface area contributed by atoms with Crippen LogP contribution in [0.5, 0.6) is 5.75 Å². The van der Waals surface area contributed by atoms with E-state index in [1.165, 1.54) is 52.4 Å². The Morgan fingerprint density at radius 3 is 2.67 bits per heavy atom. The van der Waals surface area contributed by atoms with E-state index < -0.39 is 5.41 Å². The van der Waals surface area contributed by atoms with Crippen molar-refractivity contribution in [1.82, 2.24) is 9.88 Å². The van der Waals surface area contributed by atoms with E-state index in [-0.39, 0.29) is 41.7 Å². The first-order valence-electron chi connectivity index (χ1n) is 19.3. The van der Waals surface area contributed by atoms with Crippen molar-refractivity contribution < 1.29 is 23.8 Å². The third-order valence-corrected chi connectivity index (χ3v) is 13.9. The van der Waals surface area contributed by atoms with Gasteiger partial charge >= 0.3 is 11.9 Å². The molecule has 7 nitrogen and oxygen atoms in total. The summed E-state index contributed by atoms with van der Waals surface area (Å²) in [6.07, 6.45) is 11.7. The van der Waals surface area contributed by atoms with Crippen LogP contribution in [0.25, 0.3) is 16.5 Å². The number of nitrogens with one attached hydrogen (secondary N) is 1. The number of benzene rings is 2. The number of rotatable bonds is 7. The third-order valence-electron chi connectivity index (χ3n) is 13.9. The number of likely N-dealkylation sites (tertiary alicyclic amines) is 1. The van der Waals surface area contributed by atoms with Gasteiger partial charge in [-0.3, -0.25) is 9.59 Å². The van der Waals surface area contributed by atoms with Gasteiger partial charge in [0.25, 0.3) is 0 Å². The van der Waals surface area contributed by atoms with Crippen molar-refractivity contribution in [2.75, 3.05) is 34.9 Å². The molecule has 0 amide bonds. The van der Waals surface area contributed by atoms with Crippen molar-refractivity contribution in [1.29, 1.82) is 0 Å². The maximum Gasteiger partial charge on any atom is 0.315 e.